The highest BCUT2D eigenvalue weighted by atomic mass is 19.4. The summed E-state index contributed by atoms with van der Waals surface area (Å²) < 4.78 is 39.1. The lowest BCUT2D eigenvalue weighted by Gasteiger charge is -2.31. The lowest BCUT2D eigenvalue weighted by Crippen LogP contribution is -2.37. The molecule has 12 heteroatoms. The van der Waals surface area contributed by atoms with E-state index in [9.17, 15) is 52.5 Å². The van der Waals surface area contributed by atoms with Crippen LogP contribution in [0.3, 0.4) is 0 Å². The predicted octanol–water partition coefficient (Wildman–Crippen LogP) is 4.84. The number of nitrogens with one attached hydrogen (secondary N) is 1. The van der Waals surface area contributed by atoms with Crippen LogP contribution in [0.5, 0.6) is 5.75 Å². The van der Waals surface area contributed by atoms with Gasteiger partial charge in [-0.05, 0) is 85.8 Å². The summed E-state index contributed by atoms with van der Waals surface area (Å²) in [7, 11) is 0. The lowest BCUT2D eigenvalue weighted by atomic mass is 9.72. The molecule has 4 rings (SSSR count). The molecule has 0 bridgehead atoms. The van der Waals surface area contributed by atoms with E-state index in [1.165, 1.54) is 13.0 Å². The molecule has 2 aromatic rings. The van der Waals surface area contributed by atoms with E-state index in [0.29, 0.717) is 41.6 Å². The summed E-state index contributed by atoms with van der Waals surface area (Å²) in [6.45, 7) is 0.536. The molecular weight excluding hydrogens is 607 g/mol. The van der Waals surface area contributed by atoms with Gasteiger partial charge in [-0.25, -0.2) is 0 Å². The van der Waals surface area contributed by atoms with Gasteiger partial charge in [-0.3, -0.25) is 24.0 Å². The molecule has 46 heavy (non-hydrogen) atoms. The van der Waals surface area contributed by atoms with E-state index in [2.05, 4.69) is 5.32 Å². The molecule has 2 aliphatic carbocycles. The van der Waals surface area contributed by atoms with Gasteiger partial charge in [0.05, 0.1) is 18.6 Å². The SMILES string of the molecule is CC(=O)CC(=O)C(CO)C(CCO)CC1CC(=O)c2c(O)ccc(-c3ccc(NC(=O)C4CCCC4C(=O)C(F)(F)F)cc3)c2C1. The number of aromatic hydroxyl groups is 1. The Kier molecular flexibility index (Phi) is 11.2. The smallest absolute Gasteiger partial charge is 0.450 e. The molecule has 0 spiro atoms. The van der Waals surface area contributed by atoms with Crippen LogP contribution in [0.15, 0.2) is 36.4 Å². The lowest BCUT2D eigenvalue weighted by molar-refractivity contribution is -0.177. The van der Waals surface area contributed by atoms with Crippen LogP contribution in [0, 0.1) is 29.6 Å². The third kappa shape index (κ3) is 7.90. The van der Waals surface area contributed by atoms with Gasteiger partial charge in [0, 0.05) is 36.5 Å². The van der Waals surface area contributed by atoms with Crippen molar-refractivity contribution in [2.45, 2.75) is 64.5 Å². The molecule has 4 N–H and O–H groups in total. The highest BCUT2D eigenvalue weighted by Gasteiger charge is 2.49. The number of rotatable bonds is 13. The van der Waals surface area contributed by atoms with Crippen LogP contribution in [0.2, 0.25) is 0 Å². The van der Waals surface area contributed by atoms with E-state index in [1.807, 2.05) is 0 Å². The van der Waals surface area contributed by atoms with Crippen molar-refractivity contribution in [2.24, 2.45) is 29.6 Å². The van der Waals surface area contributed by atoms with Crippen molar-refractivity contribution in [2.75, 3.05) is 18.5 Å². The largest absolute Gasteiger partial charge is 0.507 e. The van der Waals surface area contributed by atoms with E-state index in [0.717, 1.165) is 0 Å². The summed E-state index contributed by atoms with van der Waals surface area (Å²) in [5, 5.41) is 32.9. The summed E-state index contributed by atoms with van der Waals surface area (Å²) in [5.74, 6) is -7.91. The predicted molar refractivity (Wildman–Crippen MR) is 161 cm³/mol. The normalized spacial score (nSPS) is 20.9. The zero-order valence-electron chi connectivity index (χ0n) is 25.4. The maximum atomic E-state index is 13.3. The molecule has 2 aromatic carbocycles. The molecule has 1 fully saturated rings. The molecule has 1 amide bonds. The van der Waals surface area contributed by atoms with E-state index in [4.69, 9.17) is 0 Å². The summed E-state index contributed by atoms with van der Waals surface area (Å²) in [5.41, 5.74) is 2.36. The van der Waals surface area contributed by atoms with Gasteiger partial charge in [0.1, 0.15) is 17.3 Å². The summed E-state index contributed by atoms with van der Waals surface area (Å²) in [6, 6.07) is 9.53. The Morgan fingerprint density at radius 1 is 0.978 bits per heavy atom. The Balaban J connectivity index is 1.54. The fourth-order valence-corrected chi connectivity index (χ4v) is 7.05. The first-order valence-corrected chi connectivity index (χ1v) is 15.4. The zero-order chi connectivity index (χ0) is 33.8. The van der Waals surface area contributed by atoms with Crippen molar-refractivity contribution in [3.05, 3.63) is 47.5 Å². The van der Waals surface area contributed by atoms with Gasteiger partial charge in [0.25, 0.3) is 0 Å². The van der Waals surface area contributed by atoms with E-state index < -0.39 is 53.9 Å². The third-order valence-electron chi connectivity index (χ3n) is 9.21. The van der Waals surface area contributed by atoms with Gasteiger partial charge >= 0.3 is 6.18 Å². The first-order valence-electron chi connectivity index (χ1n) is 15.4. The number of phenols is 1. The maximum absolute atomic E-state index is 13.3. The van der Waals surface area contributed by atoms with Crippen molar-refractivity contribution < 1.29 is 52.5 Å². The number of carbonyl (C=O) groups is 5. The topological polar surface area (TPSA) is 158 Å². The summed E-state index contributed by atoms with van der Waals surface area (Å²) in [4.78, 5) is 62.2. The van der Waals surface area contributed by atoms with Crippen molar-refractivity contribution in [1.82, 2.24) is 0 Å². The molecule has 9 nitrogen and oxygen atoms in total. The second kappa shape index (κ2) is 14.7. The average Bonchev–Trinajstić information content (AvgIpc) is 3.47. The average molecular weight is 646 g/mol. The molecule has 0 heterocycles. The van der Waals surface area contributed by atoms with Crippen LogP contribution in [0.4, 0.5) is 18.9 Å². The van der Waals surface area contributed by atoms with Gasteiger partial charge in [0.15, 0.2) is 5.78 Å². The number of alkyl halides is 3. The number of anilines is 1. The van der Waals surface area contributed by atoms with Gasteiger partial charge in [-0.15, -0.1) is 0 Å². The van der Waals surface area contributed by atoms with Gasteiger partial charge in [0.2, 0.25) is 11.7 Å². The molecular formula is C34H38F3NO8. The first-order chi connectivity index (χ1) is 21.7. The molecule has 5 unspecified atom stereocenters. The third-order valence-corrected chi connectivity index (χ3v) is 9.21. The Labute approximate surface area is 264 Å². The number of carbonyl (C=O) groups excluding carboxylic acids is 5. The highest BCUT2D eigenvalue weighted by Crippen LogP contribution is 2.42. The molecule has 0 saturated heterocycles. The van der Waals surface area contributed by atoms with Gasteiger partial charge in [-0.2, -0.15) is 13.2 Å². The number of phenolic OH excluding ortho intramolecular Hbond substituents is 1. The quantitative estimate of drug-likeness (QED) is 0.226. The number of fused-ring (bicyclic) bond motifs is 1. The molecule has 0 aromatic heterocycles. The van der Waals surface area contributed by atoms with Crippen LogP contribution in [-0.2, 0) is 25.6 Å². The first kappa shape index (κ1) is 35.0. The number of ketones is 4. The number of amides is 1. The van der Waals surface area contributed by atoms with Crippen molar-refractivity contribution in [3.63, 3.8) is 0 Å². The van der Waals surface area contributed by atoms with Crippen molar-refractivity contribution in [1.29, 1.82) is 0 Å². The number of hydrogen-bond donors (Lipinski definition) is 4. The Bertz CT molecular complexity index is 1490. The number of Topliss-reactive ketones (excluding diaryl/α,β-unsaturated/α-hetero) is 4. The fourth-order valence-electron chi connectivity index (χ4n) is 7.05. The minimum absolute atomic E-state index is 0.00281. The van der Waals surface area contributed by atoms with E-state index in [1.54, 1.807) is 30.3 Å². The molecule has 5 atom stereocenters. The standard InChI is InChI=1S/C34H38F3NO8/c1-18(41)13-29(43)27(17-40)21(11-12-39)14-19-15-26-23(9-10-28(42)31(26)30(44)16-19)20-5-7-22(8-6-20)38-33(46)25-4-2-3-24(25)32(45)34(35,36)37/h5-10,19,21,24-25,27,39-40,42H,2-4,11-17H2,1H3,(H,38,46). The zero-order valence-corrected chi connectivity index (χ0v) is 25.4. The van der Waals surface area contributed by atoms with Crippen LogP contribution in [0.25, 0.3) is 11.1 Å². The van der Waals surface area contributed by atoms with Crippen LogP contribution in [0.1, 0.15) is 67.8 Å². The van der Waals surface area contributed by atoms with Gasteiger partial charge in [-0.1, -0.05) is 24.6 Å². The minimum Gasteiger partial charge on any atom is -0.507 e. The fraction of sp³-hybridized carbons (Fsp3) is 0.500. The second-order valence-electron chi connectivity index (χ2n) is 12.4. The van der Waals surface area contributed by atoms with Gasteiger partial charge < -0.3 is 20.6 Å². The van der Waals surface area contributed by atoms with E-state index >= 15 is 0 Å². The van der Waals surface area contributed by atoms with Crippen LogP contribution < -0.4 is 5.32 Å². The Morgan fingerprint density at radius 3 is 2.26 bits per heavy atom. The molecule has 2 aliphatic rings. The van der Waals surface area contributed by atoms with Crippen LogP contribution >= 0.6 is 0 Å². The van der Waals surface area contributed by atoms with Crippen molar-refractivity contribution in [3.8, 4) is 16.9 Å². The molecule has 0 radical (unpaired) electrons. The second-order valence-corrected chi connectivity index (χ2v) is 12.4. The number of benzene rings is 2. The molecule has 248 valence electrons. The Hall–Kier alpha value is -3.90. The van der Waals surface area contributed by atoms with Crippen LogP contribution in [-0.4, -0.2) is 63.7 Å². The Morgan fingerprint density at radius 2 is 1.65 bits per heavy atom. The molecule has 0 aliphatic heterocycles. The maximum Gasteiger partial charge on any atom is 0.450 e. The number of halogens is 3. The number of aliphatic hydroxyl groups is 2. The number of hydrogen-bond acceptors (Lipinski definition) is 8. The summed E-state index contributed by atoms with van der Waals surface area (Å²) in [6.07, 6.45) is -3.89. The monoisotopic (exact) mass is 645 g/mol. The number of aliphatic hydroxyl groups excluding tert-OH is 2. The summed E-state index contributed by atoms with van der Waals surface area (Å²) >= 11 is 0. The van der Waals surface area contributed by atoms with E-state index in [-0.39, 0.29) is 67.5 Å². The minimum atomic E-state index is -5.01. The van der Waals surface area contributed by atoms with Crippen molar-refractivity contribution >= 4 is 34.7 Å². The molecule has 1 saturated carbocycles. The highest BCUT2D eigenvalue weighted by molar-refractivity contribution is 6.03.